The van der Waals surface area contributed by atoms with E-state index in [0.717, 1.165) is 17.7 Å². The molecule has 0 radical (unpaired) electrons. The van der Waals surface area contributed by atoms with Crippen molar-refractivity contribution < 1.29 is 14.3 Å². The summed E-state index contributed by atoms with van der Waals surface area (Å²) in [5.74, 6) is 1.27. The van der Waals surface area contributed by atoms with Crippen molar-refractivity contribution in [2.45, 2.75) is 31.2 Å². The SMILES string of the molecule is CC(Cl)C1CC(c2cc(Cl)c3c(c2)OCCCO3)=NO1. The van der Waals surface area contributed by atoms with E-state index in [-0.39, 0.29) is 11.5 Å². The van der Waals surface area contributed by atoms with Gasteiger partial charge in [-0.25, -0.2) is 0 Å². The second-order valence-electron chi connectivity index (χ2n) is 4.90. The van der Waals surface area contributed by atoms with Gasteiger partial charge in [0.25, 0.3) is 0 Å². The van der Waals surface area contributed by atoms with E-state index < -0.39 is 0 Å². The molecule has 0 N–H and O–H groups in total. The van der Waals surface area contributed by atoms with Crippen molar-refractivity contribution in [2.75, 3.05) is 13.2 Å². The van der Waals surface area contributed by atoms with E-state index in [1.807, 2.05) is 19.1 Å². The van der Waals surface area contributed by atoms with E-state index in [2.05, 4.69) is 5.16 Å². The molecule has 2 atom stereocenters. The number of benzene rings is 1. The normalized spacial score (nSPS) is 22.8. The first-order valence-corrected chi connectivity index (χ1v) is 7.43. The van der Waals surface area contributed by atoms with Crippen molar-refractivity contribution in [1.82, 2.24) is 0 Å². The predicted octanol–water partition coefficient (Wildman–Crippen LogP) is 3.62. The molecule has 3 rings (SSSR count). The van der Waals surface area contributed by atoms with Crippen molar-refractivity contribution >= 4 is 28.9 Å². The summed E-state index contributed by atoms with van der Waals surface area (Å²) in [6.45, 7) is 3.13. The molecule has 0 fully saturated rings. The van der Waals surface area contributed by atoms with Gasteiger partial charge in [-0.15, -0.1) is 11.6 Å². The molecule has 6 heteroatoms. The lowest BCUT2D eigenvalue weighted by molar-refractivity contribution is 0.0855. The highest BCUT2D eigenvalue weighted by Crippen LogP contribution is 2.39. The second-order valence-corrected chi connectivity index (χ2v) is 5.99. The summed E-state index contributed by atoms with van der Waals surface area (Å²) in [6, 6.07) is 3.73. The van der Waals surface area contributed by atoms with Crippen LogP contribution in [0.3, 0.4) is 0 Å². The molecule has 1 aromatic carbocycles. The van der Waals surface area contributed by atoms with E-state index >= 15 is 0 Å². The lowest BCUT2D eigenvalue weighted by atomic mass is 10.0. The van der Waals surface area contributed by atoms with Crippen LogP contribution in [0, 0.1) is 0 Å². The number of fused-ring (bicyclic) bond motifs is 1. The first kappa shape index (κ1) is 13.8. The predicted molar refractivity (Wildman–Crippen MR) is 78.4 cm³/mol. The zero-order valence-corrected chi connectivity index (χ0v) is 12.6. The zero-order chi connectivity index (χ0) is 14.1. The van der Waals surface area contributed by atoms with Gasteiger partial charge in [0.1, 0.15) is 6.10 Å². The van der Waals surface area contributed by atoms with Gasteiger partial charge >= 0.3 is 0 Å². The molecule has 2 aliphatic heterocycles. The molecule has 0 saturated heterocycles. The molecule has 20 heavy (non-hydrogen) atoms. The largest absolute Gasteiger partial charge is 0.489 e. The van der Waals surface area contributed by atoms with Crippen molar-refractivity contribution in [3.8, 4) is 11.5 Å². The Morgan fingerprint density at radius 1 is 1.30 bits per heavy atom. The molecule has 0 aromatic heterocycles. The van der Waals surface area contributed by atoms with Gasteiger partial charge in [0.15, 0.2) is 11.5 Å². The fourth-order valence-corrected chi connectivity index (χ4v) is 2.61. The lowest BCUT2D eigenvalue weighted by Crippen LogP contribution is -2.18. The Morgan fingerprint density at radius 3 is 2.85 bits per heavy atom. The van der Waals surface area contributed by atoms with Gasteiger partial charge in [-0.3, -0.25) is 0 Å². The summed E-state index contributed by atoms with van der Waals surface area (Å²) in [7, 11) is 0. The van der Waals surface area contributed by atoms with E-state index in [0.29, 0.717) is 36.2 Å². The molecule has 1 aromatic rings. The Hall–Kier alpha value is -1.13. The average molecular weight is 316 g/mol. The molecule has 2 aliphatic rings. The lowest BCUT2D eigenvalue weighted by Gasteiger charge is -2.12. The first-order chi connectivity index (χ1) is 9.65. The zero-order valence-electron chi connectivity index (χ0n) is 11.1. The van der Waals surface area contributed by atoms with Gasteiger partial charge in [-0.1, -0.05) is 16.8 Å². The summed E-state index contributed by atoms with van der Waals surface area (Å²) in [4.78, 5) is 5.33. The highest BCUT2D eigenvalue weighted by atomic mass is 35.5. The smallest absolute Gasteiger partial charge is 0.179 e. The third-order valence-corrected chi connectivity index (χ3v) is 3.90. The number of oxime groups is 1. The van der Waals surface area contributed by atoms with Gasteiger partial charge in [0, 0.05) is 18.4 Å². The number of alkyl halides is 1. The average Bonchev–Trinajstić information content (AvgIpc) is 2.79. The summed E-state index contributed by atoms with van der Waals surface area (Å²) < 4.78 is 11.3. The van der Waals surface area contributed by atoms with Gasteiger partial charge in [0.05, 0.1) is 29.3 Å². The molecule has 0 amide bonds. The van der Waals surface area contributed by atoms with Crippen LogP contribution in [0.4, 0.5) is 0 Å². The molecular weight excluding hydrogens is 301 g/mol. The maximum absolute atomic E-state index is 6.27. The summed E-state index contributed by atoms with van der Waals surface area (Å²) in [6.07, 6.45) is 1.41. The molecular formula is C14H15Cl2NO3. The fraction of sp³-hybridized carbons (Fsp3) is 0.500. The number of hydrogen-bond donors (Lipinski definition) is 0. The second kappa shape index (κ2) is 5.70. The third-order valence-electron chi connectivity index (χ3n) is 3.34. The van der Waals surface area contributed by atoms with Crippen molar-refractivity contribution in [3.63, 3.8) is 0 Å². The van der Waals surface area contributed by atoms with Crippen molar-refractivity contribution in [2.24, 2.45) is 5.16 Å². The highest BCUT2D eigenvalue weighted by molar-refractivity contribution is 6.32. The Labute approximate surface area is 127 Å². The van der Waals surface area contributed by atoms with Crippen LogP contribution in [0.2, 0.25) is 5.02 Å². The number of ether oxygens (including phenoxy) is 2. The van der Waals surface area contributed by atoms with Gasteiger partial charge in [-0.05, 0) is 19.1 Å². The number of halogens is 2. The van der Waals surface area contributed by atoms with Gasteiger partial charge in [-0.2, -0.15) is 0 Å². The van der Waals surface area contributed by atoms with Gasteiger partial charge < -0.3 is 14.3 Å². The third kappa shape index (κ3) is 2.67. The fourth-order valence-electron chi connectivity index (χ4n) is 2.21. The summed E-state index contributed by atoms with van der Waals surface area (Å²) >= 11 is 12.3. The maximum atomic E-state index is 6.27. The Balaban J connectivity index is 1.88. The molecule has 0 saturated carbocycles. The molecule has 0 aliphatic carbocycles. The van der Waals surface area contributed by atoms with Crippen LogP contribution in [0.25, 0.3) is 0 Å². The molecule has 0 spiro atoms. The van der Waals surface area contributed by atoms with Crippen LogP contribution < -0.4 is 9.47 Å². The highest BCUT2D eigenvalue weighted by Gasteiger charge is 2.27. The van der Waals surface area contributed by atoms with Crippen LogP contribution in [-0.4, -0.2) is 30.4 Å². The Bertz CT molecular complexity index is 545. The van der Waals surface area contributed by atoms with Gasteiger partial charge in [0.2, 0.25) is 0 Å². The quantitative estimate of drug-likeness (QED) is 0.782. The van der Waals surface area contributed by atoms with Crippen LogP contribution in [-0.2, 0) is 4.84 Å². The first-order valence-electron chi connectivity index (χ1n) is 6.61. The minimum absolute atomic E-state index is 0.0906. The maximum Gasteiger partial charge on any atom is 0.179 e. The standard InChI is InChI=1S/C14H15Cl2NO3/c1-8(15)12-7-11(17-20-12)9-5-10(16)14-13(6-9)18-3-2-4-19-14/h5-6,8,12H,2-4,7H2,1H3. The van der Waals surface area contributed by atoms with E-state index in [4.69, 9.17) is 37.5 Å². The number of rotatable bonds is 2. The summed E-state index contributed by atoms with van der Waals surface area (Å²) in [5, 5.41) is 4.54. The van der Waals surface area contributed by atoms with Crippen molar-refractivity contribution in [1.29, 1.82) is 0 Å². The molecule has 2 unspecified atom stereocenters. The van der Waals surface area contributed by atoms with E-state index in [1.54, 1.807) is 0 Å². The molecule has 108 valence electrons. The van der Waals surface area contributed by atoms with Crippen LogP contribution in [0.5, 0.6) is 11.5 Å². The minimum atomic E-state index is -0.0959. The molecule has 0 bridgehead atoms. The number of nitrogens with zero attached hydrogens (tertiary/aromatic N) is 1. The van der Waals surface area contributed by atoms with Crippen LogP contribution >= 0.6 is 23.2 Å². The van der Waals surface area contributed by atoms with E-state index in [9.17, 15) is 0 Å². The Morgan fingerprint density at radius 2 is 2.10 bits per heavy atom. The Kier molecular flexibility index (Phi) is 3.94. The summed E-state index contributed by atoms with van der Waals surface area (Å²) in [5.41, 5.74) is 1.72. The van der Waals surface area contributed by atoms with Crippen LogP contribution in [0.15, 0.2) is 17.3 Å². The molecule has 2 heterocycles. The van der Waals surface area contributed by atoms with E-state index in [1.165, 1.54) is 0 Å². The van der Waals surface area contributed by atoms with Crippen molar-refractivity contribution in [3.05, 3.63) is 22.7 Å². The monoisotopic (exact) mass is 315 g/mol. The minimum Gasteiger partial charge on any atom is -0.489 e. The number of hydrogen-bond acceptors (Lipinski definition) is 4. The molecule has 4 nitrogen and oxygen atoms in total. The topological polar surface area (TPSA) is 40.0 Å². The van der Waals surface area contributed by atoms with Crippen LogP contribution in [0.1, 0.15) is 25.3 Å².